The third-order valence-corrected chi connectivity index (χ3v) is 6.50. The maximum Gasteiger partial charge on any atom is 0.341 e. The Morgan fingerprint density at radius 2 is 2.07 bits per heavy atom. The molecule has 0 spiro atoms. The predicted molar refractivity (Wildman–Crippen MR) is 109 cm³/mol. The average Bonchev–Trinajstić information content (AvgIpc) is 3.28. The molecule has 5 rings (SSSR count). The number of hydrogen-bond acceptors (Lipinski definition) is 5. The summed E-state index contributed by atoms with van der Waals surface area (Å²) in [6, 6.07) is 0.789. The highest BCUT2D eigenvalue weighted by Crippen LogP contribution is 2.48. The molecular formula is C20H22ClF2N3O4. The molecule has 10 heteroatoms. The number of benzene rings is 1. The topological polar surface area (TPSA) is 97.8 Å². The Morgan fingerprint density at radius 3 is 2.70 bits per heavy atom. The number of nitrogens with two attached hydrogens (primary N) is 1. The number of ether oxygens (including phenoxy) is 1. The molecule has 2 fully saturated rings. The number of carbonyl (C=O) groups is 1. The molecule has 1 aliphatic carbocycles. The Bertz CT molecular complexity index is 1120. The Labute approximate surface area is 176 Å². The molecule has 1 saturated heterocycles. The molecule has 3 atom stereocenters. The minimum absolute atomic E-state index is 0. The lowest BCUT2D eigenvalue weighted by Crippen LogP contribution is -2.38. The van der Waals surface area contributed by atoms with Gasteiger partial charge in [-0.2, -0.15) is 0 Å². The predicted octanol–water partition coefficient (Wildman–Crippen LogP) is 2.48. The Hall–Kier alpha value is -2.39. The lowest BCUT2D eigenvalue weighted by molar-refractivity contribution is 0.0694. The van der Waals surface area contributed by atoms with Crippen LogP contribution < -0.4 is 20.8 Å². The summed E-state index contributed by atoms with van der Waals surface area (Å²) < 4.78 is 37.3. The van der Waals surface area contributed by atoms with Gasteiger partial charge in [-0.1, -0.05) is 0 Å². The van der Waals surface area contributed by atoms with E-state index in [2.05, 4.69) is 0 Å². The second-order valence-corrected chi connectivity index (χ2v) is 8.44. The van der Waals surface area contributed by atoms with Crippen LogP contribution in [0.15, 0.2) is 17.1 Å². The highest BCUT2D eigenvalue weighted by atomic mass is 35.5. The summed E-state index contributed by atoms with van der Waals surface area (Å²) in [5.41, 5.74) is 4.92. The number of anilines is 1. The standard InChI is InChI=1S/C20H21F2N3O4.ClH/c1-9-8-29-18-15-10(17(26)11(19(27)28)5-25(9)15)4-13(21)16(18)24-6-12(14(22)7-24)20(23)2-3-20;/h4-5,9,12,14H,2-3,6-8,23H2,1H3,(H,27,28);1H/t9-,12-,14+;/m0./s1. The van der Waals surface area contributed by atoms with Crippen molar-refractivity contribution in [2.75, 3.05) is 24.6 Å². The summed E-state index contributed by atoms with van der Waals surface area (Å²) in [6.45, 7) is 2.26. The quantitative estimate of drug-likeness (QED) is 0.759. The van der Waals surface area contributed by atoms with E-state index in [1.807, 2.05) is 6.92 Å². The van der Waals surface area contributed by atoms with Crippen LogP contribution in [0.2, 0.25) is 0 Å². The zero-order chi connectivity index (χ0) is 20.7. The second kappa shape index (κ2) is 6.81. The third kappa shape index (κ3) is 2.86. The lowest BCUT2D eigenvalue weighted by Gasteiger charge is -2.31. The highest BCUT2D eigenvalue weighted by Gasteiger charge is 2.53. The number of carboxylic acid groups (broad SMARTS) is 1. The molecule has 0 bridgehead atoms. The number of alkyl halides is 1. The summed E-state index contributed by atoms with van der Waals surface area (Å²) in [4.78, 5) is 25.7. The van der Waals surface area contributed by atoms with Crippen molar-refractivity contribution in [3.63, 3.8) is 0 Å². The Balaban J connectivity index is 0.00000218. The van der Waals surface area contributed by atoms with Crippen LogP contribution in [-0.2, 0) is 0 Å². The molecule has 1 saturated carbocycles. The first kappa shape index (κ1) is 20.9. The summed E-state index contributed by atoms with van der Waals surface area (Å²) >= 11 is 0. The number of halogens is 3. The largest absolute Gasteiger partial charge is 0.487 e. The molecule has 0 unspecified atom stereocenters. The van der Waals surface area contributed by atoms with Gasteiger partial charge in [-0.25, -0.2) is 13.6 Å². The summed E-state index contributed by atoms with van der Waals surface area (Å²) in [7, 11) is 0. The smallest absolute Gasteiger partial charge is 0.341 e. The van der Waals surface area contributed by atoms with Gasteiger partial charge in [0.2, 0.25) is 5.43 Å². The van der Waals surface area contributed by atoms with Gasteiger partial charge in [0.25, 0.3) is 0 Å². The molecule has 30 heavy (non-hydrogen) atoms. The van der Waals surface area contributed by atoms with Crippen LogP contribution in [0.4, 0.5) is 14.5 Å². The fourth-order valence-corrected chi connectivity index (χ4v) is 4.66. The SMILES string of the molecule is C[C@H]1COc2c(N3C[C@@H](F)[C@@H](C4(N)CC4)C3)c(F)cc3c(=O)c(C(=O)O)cn1c23.Cl. The molecule has 3 aliphatic rings. The number of pyridine rings is 1. The molecule has 3 heterocycles. The molecule has 1 aromatic carbocycles. The van der Waals surface area contributed by atoms with Crippen LogP contribution in [0.3, 0.4) is 0 Å². The molecule has 0 amide bonds. The van der Waals surface area contributed by atoms with Crippen LogP contribution in [0, 0.1) is 11.7 Å². The van der Waals surface area contributed by atoms with Gasteiger partial charge in [0, 0.05) is 30.7 Å². The van der Waals surface area contributed by atoms with Crippen molar-refractivity contribution in [1.82, 2.24) is 4.57 Å². The van der Waals surface area contributed by atoms with E-state index in [-0.39, 0.29) is 60.9 Å². The second-order valence-electron chi connectivity index (χ2n) is 8.44. The number of carboxylic acids is 1. The van der Waals surface area contributed by atoms with Gasteiger partial charge >= 0.3 is 5.97 Å². The van der Waals surface area contributed by atoms with Gasteiger partial charge in [0.1, 0.15) is 24.0 Å². The van der Waals surface area contributed by atoms with Crippen molar-refractivity contribution >= 4 is 35.0 Å². The van der Waals surface area contributed by atoms with Crippen molar-refractivity contribution in [3.8, 4) is 5.75 Å². The van der Waals surface area contributed by atoms with Crippen molar-refractivity contribution in [3.05, 3.63) is 33.9 Å². The Morgan fingerprint density at radius 1 is 1.37 bits per heavy atom. The van der Waals surface area contributed by atoms with Crippen molar-refractivity contribution < 1.29 is 23.4 Å². The van der Waals surface area contributed by atoms with Gasteiger partial charge in [-0.3, -0.25) is 4.79 Å². The van der Waals surface area contributed by atoms with E-state index in [0.29, 0.717) is 5.52 Å². The molecule has 1 aromatic heterocycles. The normalized spacial score (nSPS) is 26.3. The maximum absolute atomic E-state index is 15.2. The van der Waals surface area contributed by atoms with E-state index in [9.17, 15) is 19.1 Å². The summed E-state index contributed by atoms with van der Waals surface area (Å²) in [6.07, 6.45) is 1.60. The van der Waals surface area contributed by atoms with Crippen LogP contribution in [0.1, 0.15) is 36.2 Å². The van der Waals surface area contributed by atoms with Crippen molar-refractivity contribution in [2.45, 2.75) is 37.5 Å². The van der Waals surface area contributed by atoms with Crippen LogP contribution >= 0.6 is 12.4 Å². The van der Waals surface area contributed by atoms with E-state index in [1.54, 1.807) is 9.47 Å². The fraction of sp³-hybridized carbons (Fsp3) is 0.500. The summed E-state index contributed by atoms with van der Waals surface area (Å²) in [5.74, 6) is -2.33. The van der Waals surface area contributed by atoms with Gasteiger partial charge in [-0.15, -0.1) is 12.4 Å². The summed E-state index contributed by atoms with van der Waals surface area (Å²) in [5, 5.41) is 9.30. The first-order valence-electron chi connectivity index (χ1n) is 9.66. The minimum atomic E-state index is -1.37. The molecule has 3 N–H and O–H groups in total. The molecule has 7 nitrogen and oxygen atoms in total. The average molecular weight is 442 g/mol. The molecule has 2 aromatic rings. The molecule has 0 radical (unpaired) electrons. The third-order valence-electron chi connectivity index (χ3n) is 6.50. The molecule has 162 valence electrons. The number of nitrogens with zero attached hydrogens (tertiary/aromatic N) is 2. The maximum atomic E-state index is 15.2. The fourth-order valence-electron chi connectivity index (χ4n) is 4.66. The van der Waals surface area contributed by atoms with E-state index in [0.717, 1.165) is 18.9 Å². The number of rotatable bonds is 3. The van der Waals surface area contributed by atoms with Crippen LogP contribution in [0.25, 0.3) is 10.9 Å². The van der Waals surface area contributed by atoms with Crippen LogP contribution in [-0.4, -0.2) is 47.0 Å². The van der Waals surface area contributed by atoms with Crippen molar-refractivity contribution in [1.29, 1.82) is 0 Å². The number of aromatic nitrogens is 1. The number of aromatic carboxylic acids is 1. The first-order valence-corrected chi connectivity index (χ1v) is 9.66. The number of hydrogen-bond donors (Lipinski definition) is 2. The van der Waals surface area contributed by atoms with Crippen LogP contribution in [0.5, 0.6) is 5.75 Å². The zero-order valence-electron chi connectivity index (χ0n) is 16.2. The lowest BCUT2D eigenvalue weighted by atomic mass is 9.96. The van der Waals surface area contributed by atoms with E-state index >= 15 is 4.39 Å². The van der Waals surface area contributed by atoms with Crippen molar-refractivity contribution in [2.24, 2.45) is 11.7 Å². The van der Waals surface area contributed by atoms with E-state index < -0.39 is 34.5 Å². The Kier molecular flexibility index (Phi) is 4.74. The molecule has 2 aliphatic heterocycles. The minimum Gasteiger partial charge on any atom is -0.487 e. The van der Waals surface area contributed by atoms with E-state index in [4.69, 9.17) is 10.5 Å². The first-order chi connectivity index (χ1) is 13.7. The van der Waals surface area contributed by atoms with Gasteiger partial charge in [-0.05, 0) is 25.8 Å². The van der Waals surface area contributed by atoms with Gasteiger partial charge in [0.05, 0.1) is 16.9 Å². The van der Waals surface area contributed by atoms with Gasteiger partial charge in [0.15, 0.2) is 11.6 Å². The van der Waals surface area contributed by atoms with Gasteiger partial charge < -0.3 is 25.0 Å². The zero-order valence-corrected chi connectivity index (χ0v) is 17.0. The van der Waals surface area contributed by atoms with E-state index in [1.165, 1.54) is 6.20 Å². The highest BCUT2D eigenvalue weighted by molar-refractivity contribution is 5.97. The monoisotopic (exact) mass is 441 g/mol. The molecular weight excluding hydrogens is 420 g/mol.